The zero-order valence-corrected chi connectivity index (χ0v) is 8.19. The molecule has 1 saturated heterocycles. The minimum atomic E-state index is -4.47. The second kappa shape index (κ2) is 4.46. The first-order valence-corrected chi connectivity index (χ1v) is 4.79. The van der Waals surface area contributed by atoms with Crippen molar-refractivity contribution in [1.82, 2.24) is 0 Å². The van der Waals surface area contributed by atoms with Crippen LogP contribution in [0.4, 0.5) is 13.2 Å². The molecule has 1 heterocycles. The van der Waals surface area contributed by atoms with Gasteiger partial charge in [0.15, 0.2) is 6.10 Å². The molecule has 1 aliphatic rings. The number of nitrogens with one attached hydrogen (secondary N) is 2. The van der Waals surface area contributed by atoms with Gasteiger partial charge in [0.1, 0.15) is 32.7 Å². The first-order valence-electron chi connectivity index (χ1n) is 4.79. The lowest BCUT2D eigenvalue weighted by atomic mass is 10.2. The highest BCUT2D eigenvalue weighted by atomic mass is 19.4. The molecule has 0 unspecified atom stereocenters. The number of likely N-dealkylation sites (N-methyl/N-ethyl adjacent to an activating group) is 1. The molecule has 1 fully saturated rings. The highest BCUT2D eigenvalue weighted by Crippen LogP contribution is 2.18. The van der Waals surface area contributed by atoms with Gasteiger partial charge in [-0.1, -0.05) is 0 Å². The van der Waals surface area contributed by atoms with Crippen molar-refractivity contribution in [3.8, 4) is 0 Å². The Morgan fingerprint density at radius 3 is 2.14 bits per heavy atom. The number of aliphatic hydroxyl groups is 1. The van der Waals surface area contributed by atoms with E-state index in [0.29, 0.717) is 13.1 Å². The summed E-state index contributed by atoms with van der Waals surface area (Å²) < 4.78 is 36.0. The molecule has 1 atom stereocenters. The van der Waals surface area contributed by atoms with Crippen LogP contribution in [0.3, 0.4) is 0 Å². The lowest BCUT2D eigenvalue weighted by molar-refractivity contribution is -1.01. The second-order valence-corrected chi connectivity index (χ2v) is 3.97. The Morgan fingerprint density at radius 2 is 1.71 bits per heavy atom. The summed E-state index contributed by atoms with van der Waals surface area (Å²) in [5.74, 6) is 0. The zero-order chi connectivity index (χ0) is 10.8. The molecule has 14 heavy (non-hydrogen) atoms. The minimum absolute atomic E-state index is 0.212. The van der Waals surface area contributed by atoms with Gasteiger partial charge in [-0.25, -0.2) is 0 Å². The lowest BCUT2D eigenvalue weighted by Crippen LogP contribution is -3.27. The summed E-state index contributed by atoms with van der Waals surface area (Å²) in [4.78, 5) is 2.19. The summed E-state index contributed by atoms with van der Waals surface area (Å²) in [6.07, 6.45) is -6.64. The van der Waals surface area contributed by atoms with Crippen molar-refractivity contribution in [3.63, 3.8) is 0 Å². The first kappa shape index (κ1) is 11.7. The normalized spacial score (nSPS) is 31.5. The fraction of sp³-hybridized carbons (Fsp3) is 1.00. The molecule has 0 saturated carbocycles. The molecular formula is C8H17F3N2O+2. The molecule has 3 nitrogen and oxygen atoms in total. The number of hydrogen-bond donors (Lipinski definition) is 3. The Balaban J connectivity index is 2.31. The van der Waals surface area contributed by atoms with Gasteiger partial charge in [0, 0.05) is 0 Å². The van der Waals surface area contributed by atoms with E-state index < -0.39 is 12.3 Å². The number of quaternary nitrogens is 2. The predicted molar refractivity (Wildman–Crippen MR) is 44.2 cm³/mol. The highest BCUT2D eigenvalue weighted by Gasteiger charge is 2.41. The van der Waals surface area contributed by atoms with Crippen LogP contribution >= 0.6 is 0 Å². The maximum absolute atomic E-state index is 12.0. The maximum Gasteiger partial charge on any atom is 0.419 e. The molecule has 0 amide bonds. The molecule has 1 rings (SSSR count). The van der Waals surface area contributed by atoms with Gasteiger partial charge in [0.2, 0.25) is 0 Å². The summed E-state index contributed by atoms with van der Waals surface area (Å²) in [5.41, 5.74) is 0. The van der Waals surface area contributed by atoms with Crippen LogP contribution in [0.25, 0.3) is 0 Å². The van der Waals surface area contributed by atoms with Crippen LogP contribution in [0, 0.1) is 0 Å². The second-order valence-electron chi connectivity index (χ2n) is 3.97. The molecule has 0 aromatic carbocycles. The van der Waals surface area contributed by atoms with Crippen molar-refractivity contribution >= 4 is 0 Å². The number of rotatable bonds is 2. The molecule has 0 bridgehead atoms. The van der Waals surface area contributed by atoms with Crippen molar-refractivity contribution < 1.29 is 28.1 Å². The van der Waals surface area contributed by atoms with E-state index in [9.17, 15) is 13.2 Å². The summed E-state index contributed by atoms with van der Waals surface area (Å²) in [7, 11) is 2.02. The molecule has 3 N–H and O–H groups in total. The number of halogens is 3. The van der Waals surface area contributed by atoms with Gasteiger partial charge in [-0.15, -0.1) is 0 Å². The number of piperazine rings is 1. The van der Waals surface area contributed by atoms with Crippen LogP contribution in [0.5, 0.6) is 0 Å². The van der Waals surface area contributed by atoms with Crippen molar-refractivity contribution in [2.75, 3.05) is 39.8 Å². The van der Waals surface area contributed by atoms with E-state index in [0.717, 1.165) is 18.0 Å². The first-order chi connectivity index (χ1) is 6.39. The van der Waals surface area contributed by atoms with E-state index in [-0.39, 0.29) is 6.54 Å². The largest absolute Gasteiger partial charge is 0.419 e. The van der Waals surface area contributed by atoms with E-state index in [4.69, 9.17) is 5.11 Å². The van der Waals surface area contributed by atoms with Gasteiger partial charge < -0.3 is 14.9 Å². The summed E-state index contributed by atoms with van der Waals surface area (Å²) >= 11 is 0. The topological polar surface area (TPSA) is 29.1 Å². The molecule has 0 radical (unpaired) electrons. The molecule has 0 aromatic rings. The third-order valence-electron chi connectivity index (χ3n) is 2.67. The fourth-order valence-electron chi connectivity index (χ4n) is 1.62. The Kier molecular flexibility index (Phi) is 3.74. The van der Waals surface area contributed by atoms with Crippen LogP contribution in [0.1, 0.15) is 0 Å². The van der Waals surface area contributed by atoms with Crippen molar-refractivity contribution in [3.05, 3.63) is 0 Å². The molecule has 0 spiro atoms. The van der Waals surface area contributed by atoms with Gasteiger partial charge >= 0.3 is 6.18 Å². The van der Waals surface area contributed by atoms with Crippen molar-refractivity contribution in [2.45, 2.75) is 12.3 Å². The van der Waals surface area contributed by atoms with Gasteiger partial charge in [0.25, 0.3) is 0 Å². The fourth-order valence-corrected chi connectivity index (χ4v) is 1.62. The number of hydrogen-bond acceptors (Lipinski definition) is 1. The van der Waals surface area contributed by atoms with Crippen molar-refractivity contribution in [1.29, 1.82) is 0 Å². The average Bonchev–Trinajstić information content (AvgIpc) is 2.07. The van der Waals surface area contributed by atoms with E-state index in [1.165, 1.54) is 4.90 Å². The number of aliphatic hydroxyl groups excluding tert-OH is 1. The van der Waals surface area contributed by atoms with E-state index in [2.05, 4.69) is 0 Å². The van der Waals surface area contributed by atoms with E-state index >= 15 is 0 Å². The monoisotopic (exact) mass is 214 g/mol. The SMILES string of the molecule is C[NH+]1CC[NH+](C[C@H](O)C(F)(F)F)CC1. The Morgan fingerprint density at radius 1 is 1.21 bits per heavy atom. The van der Waals surface area contributed by atoms with Crippen LogP contribution in [0.2, 0.25) is 0 Å². The van der Waals surface area contributed by atoms with Crippen LogP contribution in [0.15, 0.2) is 0 Å². The van der Waals surface area contributed by atoms with Gasteiger partial charge in [0.05, 0.1) is 7.05 Å². The molecule has 6 heteroatoms. The lowest BCUT2D eigenvalue weighted by Gasteiger charge is -2.29. The van der Waals surface area contributed by atoms with Gasteiger partial charge in [-0.3, -0.25) is 0 Å². The standard InChI is InChI=1S/C8H15F3N2O/c1-12-2-4-13(5-3-12)6-7(14)8(9,10)11/h7,14H,2-6H2,1H3/p+2/t7-/m0/s1. The zero-order valence-electron chi connectivity index (χ0n) is 8.19. The molecule has 1 aliphatic heterocycles. The highest BCUT2D eigenvalue weighted by molar-refractivity contribution is 4.62. The van der Waals surface area contributed by atoms with Crippen LogP contribution < -0.4 is 9.80 Å². The molecular weight excluding hydrogens is 197 g/mol. The van der Waals surface area contributed by atoms with E-state index in [1.54, 1.807) is 0 Å². The van der Waals surface area contributed by atoms with E-state index in [1.807, 2.05) is 7.05 Å². The van der Waals surface area contributed by atoms with Crippen LogP contribution in [-0.4, -0.2) is 57.2 Å². The third-order valence-corrected chi connectivity index (χ3v) is 2.67. The molecule has 0 aliphatic carbocycles. The average molecular weight is 214 g/mol. The summed E-state index contributed by atoms with van der Waals surface area (Å²) in [5, 5.41) is 8.85. The van der Waals surface area contributed by atoms with Gasteiger partial charge in [-0.05, 0) is 0 Å². The summed E-state index contributed by atoms with van der Waals surface area (Å²) in [6.45, 7) is 2.95. The Labute approximate surface area is 81.1 Å². The third kappa shape index (κ3) is 3.43. The van der Waals surface area contributed by atoms with Crippen LogP contribution in [-0.2, 0) is 0 Å². The minimum Gasteiger partial charge on any atom is -0.379 e. The quantitative estimate of drug-likeness (QED) is 0.459. The molecule has 84 valence electrons. The summed E-state index contributed by atoms with van der Waals surface area (Å²) in [6, 6.07) is 0. The Hall–Kier alpha value is -0.330. The molecule has 0 aromatic heterocycles. The van der Waals surface area contributed by atoms with Crippen molar-refractivity contribution in [2.24, 2.45) is 0 Å². The smallest absolute Gasteiger partial charge is 0.379 e. The van der Waals surface area contributed by atoms with Gasteiger partial charge in [-0.2, -0.15) is 13.2 Å². The predicted octanol–water partition coefficient (Wildman–Crippen LogP) is -2.68. The Bertz CT molecular complexity index is 178. The number of alkyl halides is 3. The maximum atomic E-state index is 12.0.